The zero-order valence-electron chi connectivity index (χ0n) is 18.6. The lowest BCUT2D eigenvalue weighted by atomic mass is 10.1. The van der Waals surface area contributed by atoms with Gasteiger partial charge in [-0.2, -0.15) is 4.31 Å². The monoisotopic (exact) mass is 482 g/mol. The second kappa shape index (κ2) is 9.36. The van der Waals surface area contributed by atoms with Gasteiger partial charge < -0.3 is 4.74 Å². The lowest BCUT2D eigenvalue weighted by molar-refractivity contribution is -0.122. The summed E-state index contributed by atoms with van der Waals surface area (Å²) in [4.78, 5) is 27.0. The van der Waals surface area contributed by atoms with Gasteiger partial charge in [-0.25, -0.2) is 17.7 Å². The number of hydrogen-bond acceptors (Lipinski definition) is 5. The highest BCUT2D eigenvalue weighted by molar-refractivity contribution is 7.89. The fourth-order valence-corrected chi connectivity index (χ4v) is 5.39. The maximum Gasteiger partial charge on any atom is 0.252 e. The van der Waals surface area contributed by atoms with Crippen LogP contribution in [0.4, 0.5) is 10.1 Å². The lowest BCUT2D eigenvalue weighted by Gasteiger charge is -2.27. The average Bonchev–Trinajstić information content (AvgIpc) is 3.12. The van der Waals surface area contributed by atoms with Crippen LogP contribution in [-0.4, -0.2) is 37.7 Å². The topological polar surface area (TPSA) is 84.0 Å². The van der Waals surface area contributed by atoms with E-state index in [0.29, 0.717) is 11.3 Å². The number of hydrogen-bond donors (Lipinski definition) is 0. The van der Waals surface area contributed by atoms with E-state index in [2.05, 4.69) is 0 Å². The SMILES string of the molecule is COc1ccc(S(=O)(=O)N(Cc2ccc(C)cc2)C2CC(=O)N(c3ccc(F)cc3)C2=O)cc1. The van der Waals surface area contributed by atoms with Crippen LogP contribution in [0.5, 0.6) is 5.75 Å². The van der Waals surface area contributed by atoms with Crippen LogP contribution in [0.2, 0.25) is 0 Å². The summed E-state index contributed by atoms with van der Waals surface area (Å²) in [6, 6.07) is 16.8. The molecule has 1 heterocycles. The number of carbonyl (C=O) groups excluding carboxylic acids is 2. The second-order valence-electron chi connectivity index (χ2n) is 7.98. The molecule has 1 unspecified atom stereocenters. The number of carbonyl (C=O) groups is 2. The molecule has 2 amide bonds. The first-order chi connectivity index (χ1) is 16.2. The fourth-order valence-electron chi connectivity index (χ4n) is 3.82. The zero-order chi connectivity index (χ0) is 24.5. The highest BCUT2D eigenvalue weighted by Crippen LogP contribution is 2.31. The minimum Gasteiger partial charge on any atom is -0.497 e. The van der Waals surface area contributed by atoms with Crippen molar-refractivity contribution in [3.05, 3.63) is 89.7 Å². The molecule has 1 fully saturated rings. The molecule has 0 spiro atoms. The Kier molecular flexibility index (Phi) is 6.49. The Hall–Kier alpha value is -3.56. The van der Waals surface area contributed by atoms with Crippen molar-refractivity contribution in [3.63, 3.8) is 0 Å². The summed E-state index contributed by atoms with van der Waals surface area (Å²) < 4.78 is 46.9. The van der Waals surface area contributed by atoms with Crippen LogP contribution in [0.3, 0.4) is 0 Å². The number of nitrogens with zero attached hydrogens (tertiary/aromatic N) is 2. The number of anilines is 1. The van der Waals surface area contributed by atoms with Crippen molar-refractivity contribution >= 4 is 27.5 Å². The Morgan fingerprint density at radius 3 is 2.18 bits per heavy atom. The molecule has 0 N–H and O–H groups in total. The number of imide groups is 1. The molecule has 1 aliphatic heterocycles. The first-order valence-corrected chi connectivity index (χ1v) is 12.0. The lowest BCUT2D eigenvalue weighted by Crippen LogP contribution is -2.45. The van der Waals surface area contributed by atoms with Crippen molar-refractivity contribution in [1.29, 1.82) is 0 Å². The first kappa shape index (κ1) is 23.6. The van der Waals surface area contributed by atoms with Crippen molar-refractivity contribution in [2.75, 3.05) is 12.0 Å². The van der Waals surface area contributed by atoms with Crippen molar-refractivity contribution < 1.29 is 27.1 Å². The van der Waals surface area contributed by atoms with E-state index in [-0.39, 0.29) is 23.5 Å². The molecule has 9 heteroatoms. The molecule has 0 aliphatic carbocycles. The Labute approximate surface area is 197 Å². The van der Waals surface area contributed by atoms with E-state index in [1.54, 1.807) is 12.1 Å². The van der Waals surface area contributed by atoms with Crippen molar-refractivity contribution in [2.45, 2.75) is 30.8 Å². The summed E-state index contributed by atoms with van der Waals surface area (Å²) in [5.41, 5.74) is 1.86. The minimum atomic E-state index is -4.17. The molecule has 1 atom stereocenters. The quantitative estimate of drug-likeness (QED) is 0.480. The van der Waals surface area contributed by atoms with Crippen LogP contribution in [-0.2, 0) is 26.2 Å². The number of rotatable bonds is 7. The number of methoxy groups -OCH3 is 1. The molecule has 0 radical (unpaired) electrons. The van der Waals surface area contributed by atoms with Gasteiger partial charge in [0.05, 0.1) is 24.1 Å². The van der Waals surface area contributed by atoms with E-state index < -0.39 is 33.7 Å². The molecule has 0 bridgehead atoms. The highest BCUT2D eigenvalue weighted by atomic mass is 32.2. The Balaban J connectivity index is 1.74. The van der Waals surface area contributed by atoms with Gasteiger partial charge in [0, 0.05) is 6.54 Å². The molecular weight excluding hydrogens is 459 g/mol. The third kappa shape index (κ3) is 4.57. The molecule has 3 aromatic rings. The van der Waals surface area contributed by atoms with Gasteiger partial charge in [-0.3, -0.25) is 9.59 Å². The number of halogens is 1. The highest BCUT2D eigenvalue weighted by Gasteiger charge is 2.47. The second-order valence-corrected chi connectivity index (χ2v) is 9.87. The minimum absolute atomic E-state index is 0.0270. The predicted octanol–water partition coefficient (Wildman–Crippen LogP) is 3.67. The van der Waals surface area contributed by atoms with E-state index in [1.165, 1.54) is 43.5 Å². The largest absolute Gasteiger partial charge is 0.497 e. The standard InChI is InChI=1S/C25H23FN2O5S/c1-17-3-5-18(6-4-17)16-27(34(31,32)22-13-11-21(33-2)12-14-22)23-15-24(29)28(25(23)30)20-9-7-19(26)8-10-20/h3-14,23H,15-16H2,1-2H3. The van der Waals surface area contributed by atoms with E-state index in [4.69, 9.17) is 4.74 Å². The number of sulfonamides is 1. The molecule has 1 aliphatic rings. The van der Waals surface area contributed by atoms with Crippen LogP contribution in [0, 0.1) is 12.7 Å². The van der Waals surface area contributed by atoms with Crippen LogP contribution in [0.1, 0.15) is 17.5 Å². The summed E-state index contributed by atoms with van der Waals surface area (Å²) >= 11 is 0. The predicted molar refractivity (Wildman–Crippen MR) is 124 cm³/mol. The molecule has 7 nitrogen and oxygen atoms in total. The zero-order valence-corrected chi connectivity index (χ0v) is 19.5. The number of benzene rings is 3. The van der Waals surface area contributed by atoms with Gasteiger partial charge in [0.2, 0.25) is 15.9 Å². The van der Waals surface area contributed by atoms with E-state index in [9.17, 15) is 22.4 Å². The van der Waals surface area contributed by atoms with Crippen molar-refractivity contribution in [1.82, 2.24) is 4.31 Å². The van der Waals surface area contributed by atoms with Gasteiger partial charge in [-0.05, 0) is 61.0 Å². The third-order valence-electron chi connectivity index (χ3n) is 5.68. The average molecular weight is 483 g/mol. The Morgan fingerprint density at radius 2 is 1.59 bits per heavy atom. The molecule has 0 aromatic heterocycles. The fraction of sp³-hybridized carbons (Fsp3) is 0.200. The molecule has 34 heavy (non-hydrogen) atoms. The molecule has 0 saturated carbocycles. The van der Waals surface area contributed by atoms with Crippen molar-refractivity contribution in [2.24, 2.45) is 0 Å². The normalized spacial score (nSPS) is 16.4. The van der Waals surface area contributed by atoms with E-state index in [1.807, 2.05) is 19.1 Å². The Morgan fingerprint density at radius 1 is 0.971 bits per heavy atom. The van der Waals surface area contributed by atoms with Gasteiger partial charge in [-0.1, -0.05) is 29.8 Å². The van der Waals surface area contributed by atoms with Gasteiger partial charge in [0.1, 0.15) is 17.6 Å². The van der Waals surface area contributed by atoms with Crippen LogP contribution >= 0.6 is 0 Å². The maximum absolute atomic E-state index is 13.7. The van der Waals surface area contributed by atoms with E-state index in [0.717, 1.165) is 26.9 Å². The number of ether oxygens (including phenoxy) is 1. The third-order valence-corrected chi connectivity index (χ3v) is 7.55. The van der Waals surface area contributed by atoms with E-state index >= 15 is 0 Å². The number of aryl methyl sites for hydroxylation is 1. The van der Waals surface area contributed by atoms with Crippen LogP contribution in [0.25, 0.3) is 0 Å². The molecule has 1 saturated heterocycles. The summed E-state index contributed by atoms with van der Waals surface area (Å²) in [6.07, 6.45) is -0.322. The summed E-state index contributed by atoms with van der Waals surface area (Å²) in [5, 5.41) is 0. The van der Waals surface area contributed by atoms with Gasteiger partial charge in [0.15, 0.2) is 0 Å². The molecule has 4 rings (SSSR count). The van der Waals surface area contributed by atoms with Crippen LogP contribution in [0.15, 0.2) is 77.7 Å². The summed E-state index contributed by atoms with van der Waals surface area (Å²) in [7, 11) is -2.70. The summed E-state index contributed by atoms with van der Waals surface area (Å²) in [5.74, 6) is -1.26. The van der Waals surface area contributed by atoms with Gasteiger partial charge in [0.25, 0.3) is 5.91 Å². The summed E-state index contributed by atoms with van der Waals surface area (Å²) in [6.45, 7) is 1.81. The van der Waals surface area contributed by atoms with Gasteiger partial charge in [-0.15, -0.1) is 0 Å². The van der Waals surface area contributed by atoms with Crippen LogP contribution < -0.4 is 9.64 Å². The maximum atomic E-state index is 13.7. The molecular formula is C25H23FN2O5S. The smallest absolute Gasteiger partial charge is 0.252 e. The molecule has 3 aromatic carbocycles. The number of amides is 2. The first-order valence-electron chi connectivity index (χ1n) is 10.5. The van der Waals surface area contributed by atoms with Crippen molar-refractivity contribution in [3.8, 4) is 5.75 Å². The Bertz CT molecular complexity index is 1310. The molecule has 176 valence electrons. The van der Waals surface area contributed by atoms with Gasteiger partial charge >= 0.3 is 0 Å².